The van der Waals surface area contributed by atoms with Crippen molar-refractivity contribution in [1.29, 1.82) is 0 Å². The van der Waals surface area contributed by atoms with Crippen LogP contribution in [0.1, 0.15) is 33.3 Å². The van der Waals surface area contributed by atoms with Gasteiger partial charge in [-0.3, -0.25) is 4.79 Å². The molecule has 0 spiro atoms. The molecule has 4 nitrogen and oxygen atoms in total. The lowest BCUT2D eigenvalue weighted by Crippen LogP contribution is -2.43. The van der Waals surface area contributed by atoms with Crippen LogP contribution in [0.2, 0.25) is 0 Å². The molecule has 0 heterocycles. The van der Waals surface area contributed by atoms with Crippen LogP contribution < -0.4 is 10.1 Å². The van der Waals surface area contributed by atoms with Crippen molar-refractivity contribution in [3.05, 3.63) is 29.8 Å². The maximum atomic E-state index is 11.7. The van der Waals surface area contributed by atoms with Gasteiger partial charge in [-0.15, -0.1) is 0 Å². The van der Waals surface area contributed by atoms with E-state index in [1.807, 2.05) is 30.5 Å². The zero-order valence-electron chi connectivity index (χ0n) is 14.1. The van der Waals surface area contributed by atoms with Gasteiger partial charge in [0, 0.05) is 12.3 Å². The third-order valence-electron chi connectivity index (χ3n) is 3.21. The third kappa shape index (κ3) is 6.71. The van der Waals surface area contributed by atoms with Crippen LogP contribution in [-0.4, -0.2) is 41.8 Å². The molecule has 1 aromatic carbocycles. The van der Waals surface area contributed by atoms with E-state index in [0.29, 0.717) is 11.5 Å². The van der Waals surface area contributed by atoms with Gasteiger partial charge in [-0.1, -0.05) is 32.9 Å². The van der Waals surface area contributed by atoms with Gasteiger partial charge in [0.05, 0.1) is 5.60 Å². The lowest BCUT2D eigenvalue weighted by atomic mass is 9.87. The molecule has 0 radical (unpaired) electrons. The lowest BCUT2D eigenvalue weighted by molar-refractivity contribution is -0.124. The third-order valence-corrected chi connectivity index (χ3v) is 4.12. The van der Waals surface area contributed by atoms with E-state index in [4.69, 9.17) is 4.74 Å². The smallest absolute Gasteiger partial charge is 0.258 e. The Morgan fingerprint density at radius 3 is 2.32 bits per heavy atom. The zero-order valence-corrected chi connectivity index (χ0v) is 14.9. The number of carbonyl (C=O) groups is 1. The zero-order chi connectivity index (χ0) is 16.8. The van der Waals surface area contributed by atoms with Crippen molar-refractivity contribution in [3.8, 4) is 5.75 Å². The van der Waals surface area contributed by atoms with Crippen molar-refractivity contribution in [2.24, 2.45) is 0 Å². The van der Waals surface area contributed by atoms with Crippen LogP contribution in [0, 0.1) is 0 Å². The molecular weight excluding hydrogens is 298 g/mol. The molecule has 0 aliphatic rings. The topological polar surface area (TPSA) is 58.6 Å². The Labute approximate surface area is 137 Å². The second kappa shape index (κ2) is 7.88. The number of amides is 1. The average Bonchev–Trinajstić information content (AvgIpc) is 2.42. The molecule has 22 heavy (non-hydrogen) atoms. The fourth-order valence-electron chi connectivity index (χ4n) is 1.90. The number of aliphatic hydroxyl groups is 1. The standard InChI is InChI=1S/C17H27NO3S/c1-16(2,3)13-6-8-14(9-7-13)21-10-15(19)18-11-17(4,20)12-22-5/h6-9,20H,10-12H2,1-5H3,(H,18,19). The van der Waals surface area contributed by atoms with E-state index in [1.165, 1.54) is 5.56 Å². The first-order chi connectivity index (χ1) is 10.1. The molecule has 124 valence electrons. The summed E-state index contributed by atoms with van der Waals surface area (Å²) < 4.78 is 5.46. The molecule has 0 fully saturated rings. The van der Waals surface area contributed by atoms with Crippen LogP contribution in [0.3, 0.4) is 0 Å². The molecule has 1 aromatic rings. The Morgan fingerprint density at radius 1 is 1.23 bits per heavy atom. The van der Waals surface area contributed by atoms with Gasteiger partial charge in [-0.05, 0) is 36.3 Å². The van der Waals surface area contributed by atoms with Crippen LogP contribution in [0.4, 0.5) is 0 Å². The molecule has 0 aliphatic heterocycles. The quantitative estimate of drug-likeness (QED) is 0.809. The Morgan fingerprint density at radius 2 is 1.82 bits per heavy atom. The fraction of sp³-hybridized carbons (Fsp3) is 0.588. The molecule has 2 N–H and O–H groups in total. The summed E-state index contributed by atoms with van der Waals surface area (Å²) in [6.45, 7) is 8.32. The number of hydrogen-bond acceptors (Lipinski definition) is 4. The number of nitrogens with one attached hydrogen (secondary N) is 1. The SMILES string of the molecule is CSCC(C)(O)CNC(=O)COc1ccc(C(C)(C)C)cc1. The molecule has 1 rings (SSSR count). The minimum Gasteiger partial charge on any atom is -0.484 e. The van der Waals surface area contributed by atoms with E-state index in [1.54, 1.807) is 18.7 Å². The first-order valence-electron chi connectivity index (χ1n) is 7.35. The van der Waals surface area contributed by atoms with Crippen molar-refractivity contribution in [2.75, 3.05) is 25.2 Å². The van der Waals surface area contributed by atoms with Gasteiger partial charge in [0.2, 0.25) is 0 Å². The van der Waals surface area contributed by atoms with Crippen molar-refractivity contribution < 1.29 is 14.6 Å². The van der Waals surface area contributed by atoms with Crippen LogP contribution in [0.5, 0.6) is 5.75 Å². The van der Waals surface area contributed by atoms with Crippen LogP contribution in [-0.2, 0) is 10.2 Å². The maximum Gasteiger partial charge on any atom is 0.258 e. The first-order valence-corrected chi connectivity index (χ1v) is 8.75. The summed E-state index contributed by atoms with van der Waals surface area (Å²) >= 11 is 1.54. The second-order valence-electron chi connectivity index (χ2n) is 6.77. The Kier molecular flexibility index (Phi) is 6.75. The van der Waals surface area contributed by atoms with E-state index in [2.05, 4.69) is 26.1 Å². The summed E-state index contributed by atoms with van der Waals surface area (Å²) in [6, 6.07) is 7.77. The molecule has 0 bridgehead atoms. The highest BCUT2D eigenvalue weighted by atomic mass is 32.2. The van der Waals surface area contributed by atoms with Gasteiger partial charge in [0.15, 0.2) is 6.61 Å². The Hall–Kier alpha value is -1.20. The van der Waals surface area contributed by atoms with Gasteiger partial charge in [0.1, 0.15) is 5.75 Å². The molecule has 1 atom stereocenters. The van der Waals surface area contributed by atoms with Gasteiger partial charge in [0.25, 0.3) is 5.91 Å². The van der Waals surface area contributed by atoms with Gasteiger partial charge < -0.3 is 15.2 Å². The minimum atomic E-state index is -0.899. The number of hydrogen-bond donors (Lipinski definition) is 2. The summed E-state index contributed by atoms with van der Waals surface area (Å²) in [7, 11) is 0. The number of benzene rings is 1. The van der Waals surface area contributed by atoms with Crippen LogP contribution >= 0.6 is 11.8 Å². The van der Waals surface area contributed by atoms with E-state index < -0.39 is 5.60 Å². The summed E-state index contributed by atoms with van der Waals surface area (Å²) in [5, 5.41) is 12.7. The first kappa shape index (κ1) is 18.8. The van der Waals surface area contributed by atoms with E-state index in [0.717, 1.165) is 0 Å². The van der Waals surface area contributed by atoms with Crippen molar-refractivity contribution in [1.82, 2.24) is 5.32 Å². The molecule has 0 aliphatic carbocycles. The monoisotopic (exact) mass is 325 g/mol. The van der Waals surface area contributed by atoms with Crippen LogP contribution in [0.15, 0.2) is 24.3 Å². The number of thioether (sulfide) groups is 1. The fourth-order valence-corrected chi connectivity index (χ4v) is 2.63. The van der Waals surface area contributed by atoms with Crippen LogP contribution in [0.25, 0.3) is 0 Å². The highest BCUT2D eigenvalue weighted by Crippen LogP contribution is 2.24. The summed E-state index contributed by atoms with van der Waals surface area (Å²) in [6.07, 6.45) is 1.92. The number of rotatable bonds is 7. The summed E-state index contributed by atoms with van der Waals surface area (Å²) in [4.78, 5) is 11.7. The Bertz CT molecular complexity index is 478. The van der Waals surface area contributed by atoms with Crippen molar-refractivity contribution in [2.45, 2.75) is 38.7 Å². The molecule has 1 amide bonds. The molecule has 5 heteroatoms. The lowest BCUT2D eigenvalue weighted by Gasteiger charge is -2.22. The van der Waals surface area contributed by atoms with E-state index >= 15 is 0 Å². The summed E-state index contributed by atoms with van der Waals surface area (Å²) in [5.74, 6) is 1.00. The molecule has 0 saturated heterocycles. The highest BCUT2D eigenvalue weighted by molar-refractivity contribution is 7.98. The minimum absolute atomic E-state index is 0.0514. The van der Waals surface area contributed by atoms with E-state index in [-0.39, 0.29) is 24.5 Å². The van der Waals surface area contributed by atoms with E-state index in [9.17, 15) is 9.90 Å². The number of carbonyl (C=O) groups excluding carboxylic acids is 1. The summed E-state index contributed by atoms with van der Waals surface area (Å²) in [5.41, 5.74) is 0.416. The van der Waals surface area contributed by atoms with Crippen molar-refractivity contribution >= 4 is 17.7 Å². The van der Waals surface area contributed by atoms with Gasteiger partial charge >= 0.3 is 0 Å². The van der Waals surface area contributed by atoms with Gasteiger partial charge in [-0.2, -0.15) is 11.8 Å². The average molecular weight is 325 g/mol. The second-order valence-corrected chi connectivity index (χ2v) is 7.64. The van der Waals surface area contributed by atoms with Crippen molar-refractivity contribution in [3.63, 3.8) is 0 Å². The predicted octanol–water partition coefficient (Wildman–Crippen LogP) is 2.59. The number of ether oxygens (including phenoxy) is 1. The molecule has 1 unspecified atom stereocenters. The molecule has 0 saturated carbocycles. The normalized spacial score (nSPS) is 14.3. The Balaban J connectivity index is 2.41. The van der Waals surface area contributed by atoms with Gasteiger partial charge in [-0.25, -0.2) is 0 Å². The highest BCUT2D eigenvalue weighted by Gasteiger charge is 2.20. The molecule has 0 aromatic heterocycles. The molecular formula is C17H27NO3S. The predicted molar refractivity (Wildman–Crippen MR) is 92.7 cm³/mol. The maximum absolute atomic E-state index is 11.7. The largest absolute Gasteiger partial charge is 0.484 e.